The van der Waals surface area contributed by atoms with Crippen LogP contribution in [0.25, 0.3) is 0 Å². The average Bonchev–Trinajstić information content (AvgIpc) is 2.38. The normalized spacial score (nSPS) is 11.2. The van der Waals surface area contributed by atoms with Crippen LogP contribution in [-0.4, -0.2) is 24.5 Å². The Bertz CT molecular complexity index is 408. The van der Waals surface area contributed by atoms with Crippen LogP contribution in [0.2, 0.25) is 0 Å². The maximum atomic E-state index is 12.1. The van der Waals surface area contributed by atoms with E-state index < -0.39 is 0 Å². The Morgan fingerprint density at radius 1 is 1.26 bits per heavy atom. The van der Waals surface area contributed by atoms with E-state index >= 15 is 0 Å². The van der Waals surface area contributed by atoms with Gasteiger partial charge in [0, 0.05) is 25.5 Å². The van der Waals surface area contributed by atoms with E-state index in [1.807, 2.05) is 13.1 Å². The van der Waals surface area contributed by atoms with Crippen LogP contribution in [0.4, 0.5) is 5.69 Å². The van der Waals surface area contributed by atoms with Gasteiger partial charge in [-0.05, 0) is 29.9 Å². The van der Waals surface area contributed by atoms with Crippen LogP contribution in [0.5, 0.6) is 0 Å². The van der Waals surface area contributed by atoms with Crippen molar-refractivity contribution in [2.24, 2.45) is 17.8 Å². The van der Waals surface area contributed by atoms with Crippen LogP contribution in [0.1, 0.15) is 38.2 Å². The molecule has 0 aliphatic rings. The van der Waals surface area contributed by atoms with Crippen molar-refractivity contribution in [1.29, 1.82) is 0 Å². The molecule has 1 aromatic heterocycles. The SMILES string of the molecule is CNc1ccnc(C(=O)NCC(C(C)C)C(C)C)c1. The molecule has 4 nitrogen and oxygen atoms in total. The molecule has 2 N–H and O–H groups in total. The van der Waals surface area contributed by atoms with Gasteiger partial charge in [0.15, 0.2) is 0 Å². The first-order valence-corrected chi connectivity index (χ1v) is 6.87. The van der Waals surface area contributed by atoms with E-state index in [9.17, 15) is 4.79 Å². The van der Waals surface area contributed by atoms with Crippen molar-refractivity contribution in [3.8, 4) is 0 Å². The number of rotatable bonds is 6. The van der Waals surface area contributed by atoms with Gasteiger partial charge in [0.2, 0.25) is 0 Å². The Morgan fingerprint density at radius 3 is 2.42 bits per heavy atom. The fraction of sp³-hybridized carbons (Fsp3) is 0.600. The third-order valence-electron chi connectivity index (χ3n) is 3.49. The van der Waals surface area contributed by atoms with Gasteiger partial charge in [0.1, 0.15) is 5.69 Å². The Kier molecular flexibility index (Phi) is 5.80. The summed E-state index contributed by atoms with van der Waals surface area (Å²) in [6, 6.07) is 3.59. The summed E-state index contributed by atoms with van der Waals surface area (Å²) in [5.74, 6) is 1.48. The lowest BCUT2D eigenvalue weighted by atomic mass is 9.85. The monoisotopic (exact) mass is 263 g/mol. The number of amides is 1. The molecule has 0 unspecified atom stereocenters. The van der Waals surface area contributed by atoms with E-state index in [1.54, 1.807) is 12.3 Å². The molecular formula is C15H25N3O. The highest BCUT2D eigenvalue weighted by molar-refractivity contribution is 5.93. The zero-order chi connectivity index (χ0) is 14.4. The number of pyridine rings is 1. The molecule has 0 fully saturated rings. The third kappa shape index (κ3) is 4.54. The highest BCUT2D eigenvalue weighted by Gasteiger charge is 2.18. The summed E-state index contributed by atoms with van der Waals surface area (Å²) in [7, 11) is 1.82. The first kappa shape index (κ1) is 15.5. The molecule has 0 aliphatic heterocycles. The van der Waals surface area contributed by atoms with Gasteiger partial charge in [-0.3, -0.25) is 9.78 Å². The standard InChI is InChI=1S/C15H25N3O/c1-10(2)13(11(3)4)9-18-15(19)14-8-12(16-5)6-7-17-14/h6-8,10-11,13H,9H2,1-5H3,(H,16,17)(H,18,19). The Hall–Kier alpha value is -1.58. The van der Waals surface area contributed by atoms with Gasteiger partial charge in [-0.15, -0.1) is 0 Å². The van der Waals surface area contributed by atoms with Crippen LogP contribution in [0, 0.1) is 17.8 Å². The van der Waals surface area contributed by atoms with Crippen LogP contribution < -0.4 is 10.6 Å². The first-order chi connectivity index (χ1) is 8.95. The number of carbonyl (C=O) groups excluding carboxylic acids is 1. The Morgan fingerprint density at radius 2 is 1.89 bits per heavy atom. The molecule has 106 valence electrons. The van der Waals surface area contributed by atoms with E-state index in [0.717, 1.165) is 5.69 Å². The molecule has 0 radical (unpaired) electrons. The Labute approximate surface area is 116 Å². The number of aromatic nitrogens is 1. The van der Waals surface area contributed by atoms with E-state index in [4.69, 9.17) is 0 Å². The Balaban J connectivity index is 2.64. The second kappa shape index (κ2) is 7.12. The number of carbonyl (C=O) groups is 1. The molecule has 0 bridgehead atoms. The number of nitrogens with zero attached hydrogens (tertiary/aromatic N) is 1. The first-order valence-electron chi connectivity index (χ1n) is 6.87. The number of hydrogen-bond donors (Lipinski definition) is 2. The van der Waals surface area contributed by atoms with E-state index in [1.165, 1.54) is 0 Å². The highest BCUT2D eigenvalue weighted by atomic mass is 16.1. The third-order valence-corrected chi connectivity index (χ3v) is 3.49. The molecule has 0 saturated carbocycles. The van der Waals surface area contributed by atoms with Crippen molar-refractivity contribution in [2.45, 2.75) is 27.7 Å². The molecule has 19 heavy (non-hydrogen) atoms. The zero-order valence-corrected chi connectivity index (χ0v) is 12.5. The molecular weight excluding hydrogens is 238 g/mol. The summed E-state index contributed by atoms with van der Waals surface area (Å²) in [6.07, 6.45) is 1.64. The summed E-state index contributed by atoms with van der Waals surface area (Å²) in [5.41, 5.74) is 1.35. The van der Waals surface area contributed by atoms with Crippen molar-refractivity contribution in [2.75, 3.05) is 18.9 Å². The van der Waals surface area contributed by atoms with Crippen molar-refractivity contribution in [1.82, 2.24) is 10.3 Å². The van der Waals surface area contributed by atoms with Crippen LogP contribution in [-0.2, 0) is 0 Å². The fourth-order valence-corrected chi connectivity index (χ4v) is 2.25. The lowest BCUT2D eigenvalue weighted by molar-refractivity contribution is 0.0932. The molecule has 1 aromatic rings. The molecule has 0 atom stereocenters. The summed E-state index contributed by atoms with van der Waals surface area (Å²) >= 11 is 0. The summed E-state index contributed by atoms with van der Waals surface area (Å²) in [5, 5.41) is 5.99. The fourth-order valence-electron chi connectivity index (χ4n) is 2.25. The lowest BCUT2D eigenvalue weighted by Gasteiger charge is -2.24. The van der Waals surface area contributed by atoms with Crippen molar-refractivity contribution < 1.29 is 4.79 Å². The summed E-state index contributed by atoms with van der Waals surface area (Å²) in [6.45, 7) is 9.46. The van der Waals surface area contributed by atoms with Gasteiger partial charge in [-0.1, -0.05) is 27.7 Å². The quantitative estimate of drug-likeness (QED) is 0.829. The minimum atomic E-state index is -0.108. The molecule has 1 rings (SSSR count). The van der Waals surface area contributed by atoms with Gasteiger partial charge in [-0.2, -0.15) is 0 Å². The molecule has 0 saturated heterocycles. The lowest BCUT2D eigenvalue weighted by Crippen LogP contribution is -2.34. The van der Waals surface area contributed by atoms with Gasteiger partial charge in [-0.25, -0.2) is 0 Å². The second-order valence-electron chi connectivity index (χ2n) is 5.54. The van der Waals surface area contributed by atoms with Crippen molar-refractivity contribution in [3.63, 3.8) is 0 Å². The topological polar surface area (TPSA) is 54.0 Å². The molecule has 0 aliphatic carbocycles. The minimum Gasteiger partial charge on any atom is -0.388 e. The van der Waals surface area contributed by atoms with E-state index in [0.29, 0.717) is 30.0 Å². The van der Waals surface area contributed by atoms with E-state index in [-0.39, 0.29) is 5.91 Å². The summed E-state index contributed by atoms with van der Waals surface area (Å²) in [4.78, 5) is 16.2. The maximum absolute atomic E-state index is 12.1. The van der Waals surface area contributed by atoms with Crippen molar-refractivity contribution in [3.05, 3.63) is 24.0 Å². The minimum absolute atomic E-state index is 0.108. The highest BCUT2D eigenvalue weighted by Crippen LogP contribution is 2.19. The molecule has 4 heteroatoms. The van der Waals surface area contributed by atoms with Gasteiger partial charge < -0.3 is 10.6 Å². The van der Waals surface area contributed by atoms with Crippen LogP contribution >= 0.6 is 0 Å². The number of anilines is 1. The number of nitrogens with one attached hydrogen (secondary N) is 2. The zero-order valence-electron chi connectivity index (χ0n) is 12.5. The predicted molar refractivity (Wildman–Crippen MR) is 79.3 cm³/mol. The molecule has 1 amide bonds. The maximum Gasteiger partial charge on any atom is 0.269 e. The smallest absolute Gasteiger partial charge is 0.269 e. The van der Waals surface area contributed by atoms with Crippen LogP contribution in [0.15, 0.2) is 18.3 Å². The molecule has 0 spiro atoms. The number of hydrogen-bond acceptors (Lipinski definition) is 3. The van der Waals surface area contributed by atoms with Crippen molar-refractivity contribution >= 4 is 11.6 Å². The summed E-state index contributed by atoms with van der Waals surface area (Å²) < 4.78 is 0. The van der Waals surface area contributed by atoms with Crippen LogP contribution in [0.3, 0.4) is 0 Å². The predicted octanol–water partition coefficient (Wildman–Crippen LogP) is 2.78. The largest absolute Gasteiger partial charge is 0.388 e. The molecule has 1 heterocycles. The van der Waals surface area contributed by atoms with Gasteiger partial charge >= 0.3 is 0 Å². The second-order valence-corrected chi connectivity index (χ2v) is 5.54. The van der Waals surface area contributed by atoms with Gasteiger partial charge in [0.25, 0.3) is 5.91 Å². The van der Waals surface area contributed by atoms with E-state index in [2.05, 4.69) is 43.3 Å². The van der Waals surface area contributed by atoms with Gasteiger partial charge in [0.05, 0.1) is 0 Å². The molecule has 0 aromatic carbocycles. The average molecular weight is 263 g/mol.